The number of halogens is 1. The molecule has 0 saturated carbocycles. The number of amides is 2. The van der Waals surface area contributed by atoms with Crippen LogP contribution in [0.2, 0.25) is 5.02 Å². The van der Waals surface area contributed by atoms with Gasteiger partial charge in [-0.3, -0.25) is 14.5 Å². The molecular formula is C18H17ClN4O6. The number of rotatable bonds is 5. The highest BCUT2D eigenvalue weighted by molar-refractivity contribution is 6.32. The smallest absolute Gasteiger partial charge is 0.366 e. The van der Waals surface area contributed by atoms with E-state index in [-0.39, 0.29) is 11.6 Å². The standard InChI is InChI=1S/C18H17ClN4O6/c1-18(2)17(25)22(16-13(29-18)6-7-14(21-16)23(26)27)9-15(24)20-10-4-5-12(28-3)11(19)8-10/h4-8H,9H2,1-3H3,(H,20,24). The van der Waals surface area contributed by atoms with Gasteiger partial charge in [0.1, 0.15) is 12.3 Å². The number of nitrogens with one attached hydrogen (secondary N) is 1. The molecule has 2 amide bonds. The number of pyridine rings is 1. The minimum atomic E-state index is -1.27. The molecule has 2 aromatic rings. The first kappa shape index (κ1) is 20.3. The minimum absolute atomic E-state index is 0.0913. The summed E-state index contributed by atoms with van der Waals surface area (Å²) < 4.78 is 10.7. The van der Waals surface area contributed by atoms with Gasteiger partial charge in [-0.25, -0.2) is 0 Å². The number of carbonyl (C=O) groups excluding carboxylic acids is 2. The SMILES string of the molecule is COc1ccc(NC(=O)CN2C(=O)C(C)(C)Oc3ccc([N+](=O)[O-])nc32)cc1Cl. The molecule has 0 spiro atoms. The molecule has 0 fully saturated rings. The summed E-state index contributed by atoms with van der Waals surface area (Å²) in [6.45, 7) is 2.65. The fourth-order valence-corrected chi connectivity index (χ4v) is 3.03. The Morgan fingerprint density at radius 3 is 2.72 bits per heavy atom. The van der Waals surface area contributed by atoms with Crippen LogP contribution in [0.4, 0.5) is 17.3 Å². The van der Waals surface area contributed by atoms with E-state index >= 15 is 0 Å². The summed E-state index contributed by atoms with van der Waals surface area (Å²) in [5.74, 6) is -1.04. The van der Waals surface area contributed by atoms with E-state index in [0.29, 0.717) is 16.5 Å². The monoisotopic (exact) mass is 420 g/mol. The molecule has 11 heteroatoms. The highest BCUT2D eigenvalue weighted by Crippen LogP contribution is 2.37. The molecule has 1 aliphatic rings. The van der Waals surface area contributed by atoms with E-state index in [1.807, 2.05) is 0 Å². The van der Waals surface area contributed by atoms with Gasteiger partial charge in [-0.2, -0.15) is 0 Å². The van der Waals surface area contributed by atoms with Gasteiger partial charge in [-0.15, -0.1) is 0 Å². The van der Waals surface area contributed by atoms with E-state index in [9.17, 15) is 19.7 Å². The molecular weight excluding hydrogens is 404 g/mol. The van der Waals surface area contributed by atoms with Crippen molar-refractivity contribution in [1.82, 2.24) is 4.98 Å². The van der Waals surface area contributed by atoms with Crippen LogP contribution in [0.15, 0.2) is 30.3 Å². The molecule has 0 bridgehead atoms. The lowest BCUT2D eigenvalue weighted by molar-refractivity contribution is -0.389. The Morgan fingerprint density at radius 1 is 1.38 bits per heavy atom. The van der Waals surface area contributed by atoms with Crippen LogP contribution in [0.3, 0.4) is 0 Å². The molecule has 2 heterocycles. The lowest BCUT2D eigenvalue weighted by atomic mass is 10.1. The lowest BCUT2D eigenvalue weighted by Crippen LogP contribution is -2.54. The Morgan fingerprint density at radius 2 is 2.10 bits per heavy atom. The molecule has 1 aliphatic heterocycles. The quantitative estimate of drug-likeness (QED) is 0.582. The van der Waals surface area contributed by atoms with Gasteiger partial charge in [0.2, 0.25) is 5.91 Å². The number of nitro groups is 1. The van der Waals surface area contributed by atoms with Gasteiger partial charge in [0.05, 0.1) is 12.1 Å². The van der Waals surface area contributed by atoms with Crippen molar-refractivity contribution < 1.29 is 24.0 Å². The minimum Gasteiger partial charge on any atom is -0.495 e. The summed E-state index contributed by atoms with van der Waals surface area (Å²) in [7, 11) is 1.47. The number of anilines is 2. The number of hydrogen-bond donors (Lipinski definition) is 1. The number of hydrogen-bond acceptors (Lipinski definition) is 7. The van der Waals surface area contributed by atoms with E-state index in [4.69, 9.17) is 21.1 Å². The van der Waals surface area contributed by atoms with Crippen LogP contribution in [0, 0.1) is 10.1 Å². The average Bonchev–Trinajstić information content (AvgIpc) is 2.65. The highest BCUT2D eigenvalue weighted by Gasteiger charge is 2.45. The van der Waals surface area contributed by atoms with Crippen molar-refractivity contribution in [2.75, 3.05) is 23.9 Å². The molecule has 1 aromatic heterocycles. The second kappa shape index (κ2) is 7.55. The Hall–Kier alpha value is -3.40. The number of aromatic nitrogens is 1. The second-order valence-corrected chi connectivity index (χ2v) is 7.06. The number of nitrogens with zero attached hydrogens (tertiary/aromatic N) is 3. The second-order valence-electron chi connectivity index (χ2n) is 6.65. The van der Waals surface area contributed by atoms with Gasteiger partial charge in [0.25, 0.3) is 11.7 Å². The van der Waals surface area contributed by atoms with Crippen LogP contribution >= 0.6 is 11.6 Å². The maximum Gasteiger partial charge on any atom is 0.366 e. The Bertz CT molecular complexity index is 1010. The zero-order valence-corrected chi connectivity index (χ0v) is 16.5. The van der Waals surface area contributed by atoms with Gasteiger partial charge in [-0.05, 0) is 48.0 Å². The van der Waals surface area contributed by atoms with Crippen LogP contribution in [-0.2, 0) is 9.59 Å². The molecule has 3 rings (SSSR count). The summed E-state index contributed by atoms with van der Waals surface area (Å²) in [6, 6.07) is 7.19. The molecule has 29 heavy (non-hydrogen) atoms. The summed E-state index contributed by atoms with van der Waals surface area (Å²) >= 11 is 6.05. The zero-order chi connectivity index (χ0) is 21.3. The first-order valence-electron chi connectivity index (χ1n) is 8.42. The first-order chi connectivity index (χ1) is 13.6. The first-order valence-corrected chi connectivity index (χ1v) is 8.80. The summed E-state index contributed by atoms with van der Waals surface area (Å²) in [6.07, 6.45) is 0. The van der Waals surface area contributed by atoms with Gasteiger partial charge < -0.3 is 24.9 Å². The number of benzene rings is 1. The third kappa shape index (κ3) is 4.06. The molecule has 0 saturated heterocycles. The van der Waals surface area contributed by atoms with Gasteiger partial charge in [0.15, 0.2) is 11.4 Å². The van der Waals surface area contributed by atoms with E-state index < -0.39 is 34.7 Å². The maximum atomic E-state index is 12.8. The Balaban J connectivity index is 1.88. The van der Waals surface area contributed by atoms with Crippen LogP contribution in [-0.4, -0.2) is 41.0 Å². The fourth-order valence-electron chi connectivity index (χ4n) is 2.78. The molecule has 0 radical (unpaired) electrons. The highest BCUT2D eigenvalue weighted by atomic mass is 35.5. The Labute approximate surface area is 170 Å². The molecule has 10 nitrogen and oxygen atoms in total. The van der Waals surface area contributed by atoms with E-state index in [2.05, 4.69) is 10.3 Å². The molecule has 1 N–H and O–H groups in total. The zero-order valence-electron chi connectivity index (χ0n) is 15.8. The predicted molar refractivity (Wildman–Crippen MR) is 105 cm³/mol. The third-order valence-electron chi connectivity index (χ3n) is 4.13. The topological polar surface area (TPSA) is 124 Å². The van der Waals surface area contributed by atoms with Crippen molar-refractivity contribution in [2.45, 2.75) is 19.4 Å². The van der Waals surface area contributed by atoms with E-state index in [0.717, 1.165) is 4.90 Å². The van der Waals surface area contributed by atoms with Crippen LogP contribution in [0.5, 0.6) is 11.5 Å². The van der Waals surface area contributed by atoms with Crippen LogP contribution in [0.25, 0.3) is 0 Å². The van der Waals surface area contributed by atoms with Crippen molar-refractivity contribution in [3.8, 4) is 11.5 Å². The Kier molecular flexibility index (Phi) is 5.29. The summed E-state index contributed by atoms with van der Waals surface area (Å²) in [5.41, 5.74) is -0.873. The average molecular weight is 421 g/mol. The third-order valence-corrected chi connectivity index (χ3v) is 4.43. The fraction of sp³-hybridized carbons (Fsp3) is 0.278. The van der Waals surface area contributed by atoms with Gasteiger partial charge in [-0.1, -0.05) is 11.6 Å². The molecule has 0 atom stereocenters. The molecule has 0 unspecified atom stereocenters. The van der Waals surface area contributed by atoms with Crippen LogP contribution in [0.1, 0.15) is 13.8 Å². The number of methoxy groups -OCH3 is 1. The van der Waals surface area contributed by atoms with Crippen molar-refractivity contribution in [2.24, 2.45) is 0 Å². The number of carbonyl (C=O) groups is 2. The van der Waals surface area contributed by atoms with Crippen molar-refractivity contribution in [3.63, 3.8) is 0 Å². The largest absolute Gasteiger partial charge is 0.495 e. The van der Waals surface area contributed by atoms with E-state index in [1.165, 1.54) is 39.2 Å². The number of fused-ring (bicyclic) bond motifs is 1. The normalized spacial score (nSPS) is 14.6. The maximum absolute atomic E-state index is 12.8. The molecule has 1 aromatic carbocycles. The van der Waals surface area contributed by atoms with Gasteiger partial charge in [0, 0.05) is 11.8 Å². The predicted octanol–water partition coefficient (Wildman–Crippen LogP) is 2.79. The van der Waals surface area contributed by atoms with Gasteiger partial charge >= 0.3 is 5.82 Å². The van der Waals surface area contributed by atoms with Crippen molar-refractivity contribution >= 4 is 40.7 Å². The molecule has 0 aliphatic carbocycles. The van der Waals surface area contributed by atoms with Crippen molar-refractivity contribution in [3.05, 3.63) is 45.5 Å². The summed E-state index contributed by atoms with van der Waals surface area (Å²) in [5, 5.41) is 14.0. The molecule has 152 valence electrons. The number of ether oxygens (including phenoxy) is 2. The lowest BCUT2D eigenvalue weighted by Gasteiger charge is -2.35. The summed E-state index contributed by atoms with van der Waals surface area (Å²) in [4.78, 5) is 40.6. The van der Waals surface area contributed by atoms with Crippen LogP contribution < -0.4 is 19.7 Å². The van der Waals surface area contributed by atoms with Crippen molar-refractivity contribution in [1.29, 1.82) is 0 Å². The van der Waals surface area contributed by atoms with E-state index in [1.54, 1.807) is 12.1 Å².